The van der Waals surface area contributed by atoms with E-state index >= 15 is 0 Å². The third-order valence-electron chi connectivity index (χ3n) is 10.4. The largest absolute Gasteiger partial charge is 0.756 e. The van der Waals surface area contributed by atoms with Gasteiger partial charge in [-0.05, 0) is 12.8 Å². The Morgan fingerprint density at radius 2 is 0.852 bits per heavy atom. The van der Waals surface area contributed by atoms with Gasteiger partial charge >= 0.3 is 5.97 Å². The molecule has 0 heterocycles. The van der Waals surface area contributed by atoms with E-state index < -0.39 is 13.9 Å². The van der Waals surface area contributed by atoms with E-state index in [1.54, 1.807) is 0 Å². The zero-order chi connectivity index (χ0) is 39.9. The molecule has 1 unspecified atom stereocenters. The van der Waals surface area contributed by atoms with Gasteiger partial charge in [0.05, 0.1) is 34.4 Å². The van der Waals surface area contributed by atoms with E-state index in [0.717, 1.165) is 32.1 Å². The molecule has 0 radical (unpaired) electrons. The number of esters is 1. The lowest BCUT2D eigenvalue weighted by atomic mass is 10.0. The Kier molecular flexibility index (Phi) is 39.0. The monoisotopic (exact) mass is 790 g/mol. The summed E-state index contributed by atoms with van der Waals surface area (Å²) in [5, 5.41) is 0. The van der Waals surface area contributed by atoms with Crippen LogP contribution in [0.1, 0.15) is 226 Å². The van der Waals surface area contributed by atoms with Gasteiger partial charge < -0.3 is 27.9 Å². The summed E-state index contributed by atoms with van der Waals surface area (Å²) in [5.41, 5.74) is 0. The van der Waals surface area contributed by atoms with Crippen LogP contribution in [0.4, 0.5) is 0 Å². The first-order valence-corrected chi connectivity index (χ1v) is 24.7. The van der Waals surface area contributed by atoms with Crippen LogP contribution >= 0.6 is 7.82 Å². The van der Waals surface area contributed by atoms with Crippen LogP contribution in [0.3, 0.4) is 0 Å². The Balaban J connectivity index is 4.15. The zero-order valence-electron chi connectivity index (χ0n) is 36.7. The number of rotatable bonds is 44. The zero-order valence-corrected chi connectivity index (χ0v) is 37.6. The number of hydrogen-bond donors (Lipinski definition) is 0. The summed E-state index contributed by atoms with van der Waals surface area (Å²) >= 11 is 0. The molecule has 0 saturated carbocycles. The quantitative estimate of drug-likeness (QED) is 0.0262. The minimum absolute atomic E-state index is 0.0315. The summed E-state index contributed by atoms with van der Waals surface area (Å²) in [6, 6.07) is 0. The molecule has 0 aromatic rings. The van der Waals surface area contributed by atoms with Crippen molar-refractivity contribution in [3.05, 3.63) is 0 Å². The number of phosphoric acid groups is 1. The number of likely N-dealkylation sites (N-methyl/N-ethyl adjacent to an activating group) is 1. The first-order valence-electron chi connectivity index (χ1n) is 23.3. The highest BCUT2D eigenvalue weighted by molar-refractivity contribution is 7.45. The SMILES string of the molecule is CCCCCCCCCCCCCCCCCCCC(=O)O[C@H](COCCCCCCCCCCCCCCCCC)COP(=O)([O-])OCC[N+](C)(C)C. The van der Waals surface area contributed by atoms with Gasteiger partial charge in [0.1, 0.15) is 19.3 Å². The van der Waals surface area contributed by atoms with Crippen LogP contribution in [-0.2, 0) is 27.9 Å². The van der Waals surface area contributed by atoms with Gasteiger partial charge in [0.15, 0.2) is 0 Å². The third-order valence-corrected chi connectivity index (χ3v) is 11.4. The Bertz CT molecular complexity index is 837. The van der Waals surface area contributed by atoms with Crippen LogP contribution in [0, 0.1) is 0 Å². The van der Waals surface area contributed by atoms with Gasteiger partial charge in [-0.1, -0.05) is 206 Å². The molecule has 2 atom stereocenters. The molecule has 0 aliphatic heterocycles. The first kappa shape index (κ1) is 53.5. The fourth-order valence-corrected chi connectivity index (χ4v) is 7.51. The highest BCUT2D eigenvalue weighted by atomic mass is 31.2. The summed E-state index contributed by atoms with van der Waals surface area (Å²) in [6.07, 6.45) is 41.1. The number of carbonyl (C=O) groups excluding carboxylic acids is 1. The second-order valence-electron chi connectivity index (χ2n) is 17.1. The van der Waals surface area contributed by atoms with Gasteiger partial charge in [0, 0.05) is 13.0 Å². The van der Waals surface area contributed by atoms with E-state index in [1.807, 2.05) is 21.1 Å². The van der Waals surface area contributed by atoms with Crippen LogP contribution in [0.5, 0.6) is 0 Å². The van der Waals surface area contributed by atoms with Crippen LogP contribution < -0.4 is 4.89 Å². The van der Waals surface area contributed by atoms with Crippen molar-refractivity contribution in [2.24, 2.45) is 0 Å². The van der Waals surface area contributed by atoms with Gasteiger partial charge in [0.2, 0.25) is 0 Å². The average Bonchev–Trinajstić information content (AvgIpc) is 3.12. The van der Waals surface area contributed by atoms with Gasteiger partial charge in [-0.3, -0.25) is 9.36 Å². The predicted octanol–water partition coefficient (Wildman–Crippen LogP) is 13.0. The average molecular weight is 790 g/mol. The van der Waals surface area contributed by atoms with Crippen LogP contribution in [-0.4, -0.2) is 70.7 Å². The van der Waals surface area contributed by atoms with Gasteiger partial charge in [0.25, 0.3) is 7.82 Å². The Labute approximate surface area is 336 Å². The lowest BCUT2D eigenvalue weighted by molar-refractivity contribution is -0.870. The summed E-state index contributed by atoms with van der Waals surface area (Å²) in [4.78, 5) is 25.1. The maximum Gasteiger partial charge on any atom is 0.306 e. The smallest absolute Gasteiger partial charge is 0.306 e. The maximum absolute atomic E-state index is 12.7. The topological polar surface area (TPSA) is 94.1 Å². The molecule has 0 saturated heterocycles. The van der Waals surface area contributed by atoms with Crippen molar-refractivity contribution in [3.63, 3.8) is 0 Å². The molecule has 0 amide bonds. The fourth-order valence-electron chi connectivity index (χ4n) is 6.78. The number of ether oxygens (including phenoxy) is 2. The van der Waals surface area contributed by atoms with Crippen molar-refractivity contribution in [1.29, 1.82) is 0 Å². The molecule has 54 heavy (non-hydrogen) atoms. The van der Waals surface area contributed by atoms with Crippen LogP contribution in [0.15, 0.2) is 0 Å². The predicted molar refractivity (Wildman–Crippen MR) is 227 cm³/mol. The van der Waals surface area contributed by atoms with Crippen molar-refractivity contribution >= 4 is 13.8 Å². The number of nitrogens with zero attached hydrogens (tertiary/aromatic N) is 1. The molecule has 0 aromatic heterocycles. The van der Waals surface area contributed by atoms with E-state index in [-0.39, 0.29) is 25.8 Å². The lowest BCUT2D eigenvalue weighted by Gasteiger charge is -2.28. The molecular weight excluding hydrogens is 697 g/mol. The van der Waals surface area contributed by atoms with Crippen molar-refractivity contribution in [2.45, 2.75) is 232 Å². The van der Waals surface area contributed by atoms with Crippen molar-refractivity contribution in [1.82, 2.24) is 0 Å². The molecule has 0 aromatic carbocycles. The maximum atomic E-state index is 12.7. The summed E-state index contributed by atoms with van der Waals surface area (Å²) in [7, 11) is 1.38. The molecule has 0 bridgehead atoms. The van der Waals surface area contributed by atoms with E-state index in [0.29, 0.717) is 24.1 Å². The number of hydrogen-bond acceptors (Lipinski definition) is 7. The normalized spacial score (nSPS) is 13.7. The molecule has 0 N–H and O–H groups in total. The second-order valence-corrected chi connectivity index (χ2v) is 18.5. The van der Waals surface area contributed by atoms with Gasteiger partial charge in [-0.15, -0.1) is 0 Å². The van der Waals surface area contributed by atoms with Crippen LogP contribution in [0.2, 0.25) is 0 Å². The number of phosphoric ester groups is 1. The minimum Gasteiger partial charge on any atom is -0.756 e. The van der Waals surface area contributed by atoms with Crippen molar-refractivity contribution in [2.75, 3.05) is 54.1 Å². The van der Waals surface area contributed by atoms with Gasteiger partial charge in [-0.25, -0.2) is 0 Å². The molecule has 0 spiro atoms. The first-order chi connectivity index (χ1) is 26.1. The second kappa shape index (κ2) is 39.3. The molecule has 0 rings (SSSR count). The summed E-state index contributed by atoms with van der Waals surface area (Å²) in [5.74, 6) is -0.327. The van der Waals surface area contributed by atoms with E-state index in [1.165, 1.54) is 173 Å². The Hall–Kier alpha value is -0.500. The summed E-state index contributed by atoms with van der Waals surface area (Å²) in [6.45, 7) is 5.48. The molecular formula is C45H92NO7P. The highest BCUT2D eigenvalue weighted by Gasteiger charge is 2.20. The molecule has 0 fully saturated rings. The number of unbranched alkanes of at least 4 members (excludes halogenated alkanes) is 30. The van der Waals surface area contributed by atoms with Crippen molar-refractivity contribution < 1.29 is 37.3 Å². The fraction of sp³-hybridized carbons (Fsp3) is 0.978. The number of carbonyl (C=O) groups is 1. The molecule has 0 aliphatic rings. The Morgan fingerprint density at radius 3 is 1.22 bits per heavy atom. The minimum atomic E-state index is -4.52. The van der Waals surface area contributed by atoms with E-state index in [4.69, 9.17) is 18.5 Å². The Morgan fingerprint density at radius 1 is 0.500 bits per heavy atom. The van der Waals surface area contributed by atoms with Gasteiger partial charge in [-0.2, -0.15) is 0 Å². The molecule has 8 nitrogen and oxygen atoms in total. The highest BCUT2D eigenvalue weighted by Crippen LogP contribution is 2.38. The molecule has 9 heteroatoms. The van der Waals surface area contributed by atoms with E-state index in [9.17, 15) is 14.3 Å². The van der Waals surface area contributed by atoms with Crippen LogP contribution in [0.25, 0.3) is 0 Å². The number of quaternary nitrogens is 1. The molecule has 324 valence electrons. The standard InChI is InChI=1S/C45H92NO7P/c1-6-8-10-12-14-16-18-20-22-23-24-26-28-30-32-34-36-38-45(47)53-44(43-52-54(48,49)51-41-39-46(3,4)5)42-50-40-37-35-33-31-29-27-25-21-19-17-15-13-11-9-7-2/h44H,6-43H2,1-5H3/t44-/m1/s1. The third kappa shape index (κ3) is 42.6. The van der Waals surface area contributed by atoms with E-state index in [2.05, 4.69) is 13.8 Å². The summed E-state index contributed by atoms with van der Waals surface area (Å²) < 4.78 is 34.6. The lowest BCUT2D eigenvalue weighted by Crippen LogP contribution is -2.37. The van der Waals surface area contributed by atoms with Crippen molar-refractivity contribution in [3.8, 4) is 0 Å². The molecule has 0 aliphatic carbocycles.